The van der Waals surface area contributed by atoms with Gasteiger partial charge in [-0.15, -0.1) is 0 Å². The van der Waals surface area contributed by atoms with Crippen molar-refractivity contribution in [2.75, 3.05) is 6.54 Å². The molecule has 0 saturated carbocycles. The molecular weight excluding hydrogens is 210 g/mol. The SMILES string of the molecule is Cc1ccc(C(C)(C)C)c2occ(CCN)c12. The van der Waals surface area contributed by atoms with Gasteiger partial charge in [0.05, 0.1) is 6.26 Å². The number of hydrogen-bond acceptors (Lipinski definition) is 2. The minimum absolute atomic E-state index is 0.101. The highest BCUT2D eigenvalue weighted by Crippen LogP contribution is 2.34. The quantitative estimate of drug-likeness (QED) is 0.858. The summed E-state index contributed by atoms with van der Waals surface area (Å²) in [6.45, 7) is 9.42. The first kappa shape index (κ1) is 12.2. The lowest BCUT2D eigenvalue weighted by Gasteiger charge is -2.19. The molecule has 0 atom stereocenters. The molecule has 1 aromatic carbocycles. The molecule has 2 aromatic rings. The van der Waals surface area contributed by atoms with Gasteiger partial charge in [-0.1, -0.05) is 32.9 Å². The predicted molar refractivity (Wildman–Crippen MR) is 72.4 cm³/mol. The summed E-state index contributed by atoms with van der Waals surface area (Å²) in [6.07, 6.45) is 2.74. The van der Waals surface area contributed by atoms with Crippen LogP contribution in [0.3, 0.4) is 0 Å². The van der Waals surface area contributed by atoms with Gasteiger partial charge in [-0.05, 0) is 36.4 Å². The molecule has 92 valence electrons. The van der Waals surface area contributed by atoms with Crippen molar-refractivity contribution in [3.63, 3.8) is 0 Å². The molecule has 17 heavy (non-hydrogen) atoms. The van der Waals surface area contributed by atoms with Crippen molar-refractivity contribution in [1.29, 1.82) is 0 Å². The first-order chi connectivity index (χ1) is 7.95. The Kier molecular flexibility index (Phi) is 3.00. The van der Waals surface area contributed by atoms with Gasteiger partial charge in [0.15, 0.2) is 0 Å². The predicted octanol–water partition coefficient (Wildman–Crippen LogP) is 3.54. The van der Waals surface area contributed by atoms with Crippen molar-refractivity contribution in [2.24, 2.45) is 5.73 Å². The van der Waals surface area contributed by atoms with E-state index in [4.69, 9.17) is 10.2 Å². The van der Waals surface area contributed by atoms with Crippen LogP contribution in [0.4, 0.5) is 0 Å². The largest absolute Gasteiger partial charge is 0.464 e. The Bertz CT molecular complexity index is 532. The molecule has 0 amide bonds. The van der Waals surface area contributed by atoms with Crippen molar-refractivity contribution < 1.29 is 4.42 Å². The molecular formula is C15H21NO. The van der Waals surface area contributed by atoms with Crippen molar-refractivity contribution in [3.8, 4) is 0 Å². The van der Waals surface area contributed by atoms with E-state index in [1.165, 1.54) is 22.1 Å². The van der Waals surface area contributed by atoms with Crippen LogP contribution in [0, 0.1) is 6.92 Å². The molecule has 2 heteroatoms. The maximum absolute atomic E-state index is 5.78. The Morgan fingerprint density at radius 1 is 1.24 bits per heavy atom. The molecule has 2 rings (SSSR count). The maximum Gasteiger partial charge on any atom is 0.138 e. The zero-order chi connectivity index (χ0) is 12.6. The first-order valence-electron chi connectivity index (χ1n) is 6.15. The Balaban J connectivity index is 2.71. The van der Waals surface area contributed by atoms with Gasteiger partial charge < -0.3 is 10.2 Å². The average molecular weight is 231 g/mol. The van der Waals surface area contributed by atoms with Crippen molar-refractivity contribution in [3.05, 3.63) is 35.1 Å². The summed E-state index contributed by atoms with van der Waals surface area (Å²) in [5.41, 5.74) is 10.5. The van der Waals surface area contributed by atoms with Gasteiger partial charge in [0.2, 0.25) is 0 Å². The number of furan rings is 1. The first-order valence-corrected chi connectivity index (χ1v) is 6.15. The van der Waals surface area contributed by atoms with Crippen LogP contribution in [0.5, 0.6) is 0 Å². The van der Waals surface area contributed by atoms with Gasteiger partial charge in [-0.25, -0.2) is 0 Å². The molecule has 0 aliphatic carbocycles. The Morgan fingerprint density at radius 2 is 1.94 bits per heavy atom. The van der Waals surface area contributed by atoms with Crippen LogP contribution in [0.2, 0.25) is 0 Å². The highest BCUT2D eigenvalue weighted by atomic mass is 16.3. The van der Waals surface area contributed by atoms with E-state index in [2.05, 4.69) is 39.8 Å². The van der Waals surface area contributed by atoms with E-state index in [0.717, 1.165) is 12.0 Å². The number of nitrogens with two attached hydrogens (primary N) is 1. The molecule has 0 fully saturated rings. The topological polar surface area (TPSA) is 39.2 Å². The fourth-order valence-electron chi connectivity index (χ4n) is 2.32. The van der Waals surface area contributed by atoms with Gasteiger partial charge in [0, 0.05) is 10.9 Å². The molecule has 1 heterocycles. The number of rotatable bonds is 2. The number of hydrogen-bond donors (Lipinski definition) is 1. The van der Waals surface area contributed by atoms with Crippen LogP contribution in [0.15, 0.2) is 22.8 Å². The van der Waals surface area contributed by atoms with Gasteiger partial charge in [0.1, 0.15) is 5.58 Å². The summed E-state index contributed by atoms with van der Waals surface area (Å²) in [5, 5.41) is 1.25. The molecule has 2 N–H and O–H groups in total. The summed E-state index contributed by atoms with van der Waals surface area (Å²) in [4.78, 5) is 0. The standard InChI is InChI=1S/C15H21NO/c1-10-5-6-12(15(2,3)4)14-13(10)11(7-8-16)9-17-14/h5-6,9H,7-8,16H2,1-4H3. The summed E-state index contributed by atoms with van der Waals surface area (Å²) >= 11 is 0. The van der Waals surface area contributed by atoms with Crippen LogP contribution < -0.4 is 5.73 Å². The molecule has 0 saturated heterocycles. The molecule has 0 aliphatic heterocycles. The Labute approximate surface area is 103 Å². The van der Waals surface area contributed by atoms with Crippen LogP contribution in [-0.4, -0.2) is 6.54 Å². The lowest BCUT2D eigenvalue weighted by molar-refractivity contribution is 0.557. The van der Waals surface area contributed by atoms with Crippen molar-refractivity contribution in [2.45, 2.75) is 39.5 Å². The average Bonchev–Trinajstić information content (AvgIpc) is 2.62. The van der Waals surface area contributed by atoms with Crippen LogP contribution in [0.25, 0.3) is 11.0 Å². The van der Waals surface area contributed by atoms with Gasteiger partial charge in [-0.2, -0.15) is 0 Å². The fourth-order valence-corrected chi connectivity index (χ4v) is 2.32. The second-order valence-corrected chi connectivity index (χ2v) is 5.68. The molecule has 0 radical (unpaired) electrons. The zero-order valence-corrected chi connectivity index (χ0v) is 11.1. The van der Waals surface area contributed by atoms with Gasteiger partial charge >= 0.3 is 0 Å². The van der Waals surface area contributed by atoms with Crippen LogP contribution >= 0.6 is 0 Å². The highest BCUT2D eigenvalue weighted by Gasteiger charge is 2.21. The van der Waals surface area contributed by atoms with E-state index in [1.54, 1.807) is 0 Å². The number of fused-ring (bicyclic) bond motifs is 1. The number of aryl methyl sites for hydroxylation is 1. The minimum Gasteiger partial charge on any atom is -0.464 e. The lowest BCUT2D eigenvalue weighted by Crippen LogP contribution is -2.11. The Morgan fingerprint density at radius 3 is 2.53 bits per heavy atom. The van der Waals surface area contributed by atoms with E-state index in [9.17, 15) is 0 Å². The molecule has 2 nitrogen and oxygen atoms in total. The van der Waals surface area contributed by atoms with Gasteiger partial charge in [0.25, 0.3) is 0 Å². The summed E-state index contributed by atoms with van der Waals surface area (Å²) in [6, 6.07) is 4.35. The molecule has 0 spiro atoms. The second-order valence-electron chi connectivity index (χ2n) is 5.68. The molecule has 0 aliphatic rings. The highest BCUT2D eigenvalue weighted by molar-refractivity contribution is 5.87. The normalized spacial score (nSPS) is 12.3. The summed E-state index contributed by atoms with van der Waals surface area (Å²) in [5.74, 6) is 0. The molecule has 0 unspecified atom stereocenters. The van der Waals surface area contributed by atoms with Crippen molar-refractivity contribution >= 4 is 11.0 Å². The Hall–Kier alpha value is -1.28. The van der Waals surface area contributed by atoms with Gasteiger partial charge in [-0.3, -0.25) is 0 Å². The van der Waals surface area contributed by atoms with E-state index in [0.29, 0.717) is 6.54 Å². The maximum atomic E-state index is 5.78. The lowest BCUT2D eigenvalue weighted by atomic mass is 9.85. The van der Waals surface area contributed by atoms with Crippen LogP contribution in [-0.2, 0) is 11.8 Å². The third-order valence-electron chi connectivity index (χ3n) is 3.23. The van der Waals surface area contributed by atoms with E-state index < -0.39 is 0 Å². The van der Waals surface area contributed by atoms with E-state index in [1.807, 2.05) is 6.26 Å². The summed E-state index contributed by atoms with van der Waals surface area (Å²) < 4.78 is 5.78. The van der Waals surface area contributed by atoms with E-state index >= 15 is 0 Å². The molecule has 0 bridgehead atoms. The van der Waals surface area contributed by atoms with E-state index in [-0.39, 0.29) is 5.41 Å². The minimum atomic E-state index is 0.101. The third kappa shape index (κ3) is 2.09. The van der Waals surface area contributed by atoms with Crippen LogP contribution in [0.1, 0.15) is 37.5 Å². The zero-order valence-electron chi connectivity index (χ0n) is 11.1. The smallest absolute Gasteiger partial charge is 0.138 e. The van der Waals surface area contributed by atoms with Crippen molar-refractivity contribution in [1.82, 2.24) is 0 Å². The third-order valence-corrected chi connectivity index (χ3v) is 3.23. The summed E-state index contributed by atoms with van der Waals surface area (Å²) in [7, 11) is 0. The number of benzene rings is 1. The molecule has 1 aromatic heterocycles. The monoisotopic (exact) mass is 231 g/mol. The second kappa shape index (κ2) is 4.19. The fraction of sp³-hybridized carbons (Fsp3) is 0.467.